The second-order valence-electron chi connectivity index (χ2n) is 4.45. The van der Waals surface area contributed by atoms with Crippen LogP contribution in [0.25, 0.3) is 0 Å². The molecule has 6 heteroatoms. The SMILES string of the molecule is Cc1cc(C(=O)Nc2ccc(N)cc2C#N)c(F)cc1F. The van der Waals surface area contributed by atoms with E-state index in [1.807, 2.05) is 6.07 Å². The zero-order valence-electron chi connectivity index (χ0n) is 11.1. The number of nitrogens with one attached hydrogen (secondary N) is 1. The number of nitrogens with two attached hydrogens (primary N) is 1. The monoisotopic (exact) mass is 287 g/mol. The zero-order valence-corrected chi connectivity index (χ0v) is 11.1. The number of hydrogen-bond donors (Lipinski definition) is 2. The Bertz CT molecular complexity index is 766. The van der Waals surface area contributed by atoms with Gasteiger partial charge in [-0.05, 0) is 36.8 Å². The van der Waals surface area contributed by atoms with Gasteiger partial charge in [-0.2, -0.15) is 5.26 Å². The highest BCUT2D eigenvalue weighted by Crippen LogP contribution is 2.20. The van der Waals surface area contributed by atoms with E-state index < -0.39 is 17.5 Å². The summed E-state index contributed by atoms with van der Waals surface area (Å²) in [7, 11) is 0. The molecular formula is C15H11F2N3O. The van der Waals surface area contributed by atoms with Gasteiger partial charge in [0, 0.05) is 11.8 Å². The van der Waals surface area contributed by atoms with E-state index in [9.17, 15) is 13.6 Å². The topological polar surface area (TPSA) is 78.9 Å². The van der Waals surface area contributed by atoms with Gasteiger partial charge in [0.15, 0.2) is 0 Å². The van der Waals surface area contributed by atoms with Crippen LogP contribution in [-0.2, 0) is 0 Å². The first-order chi connectivity index (χ1) is 9.92. The minimum Gasteiger partial charge on any atom is -0.399 e. The van der Waals surface area contributed by atoms with E-state index in [0.717, 1.165) is 6.07 Å². The highest BCUT2D eigenvalue weighted by atomic mass is 19.1. The summed E-state index contributed by atoms with van der Waals surface area (Å²) in [4.78, 5) is 12.0. The van der Waals surface area contributed by atoms with E-state index in [1.165, 1.54) is 25.1 Å². The summed E-state index contributed by atoms with van der Waals surface area (Å²) >= 11 is 0. The fourth-order valence-corrected chi connectivity index (χ4v) is 1.78. The summed E-state index contributed by atoms with van der Waals surface area (Å²) in [5, 5.41) is 11.4. The van der Waals surface area contributed by atoms with Gasteiger partial charge >= 0.3 is 0 Å². The van der Waals surface area contributed by atoms with Crippen LogP contribution in [0.3, 0.4) is 0 Å². The van der Waals surface area contributed by atoms with Crippen molar-refractivity contribution < 1.29 is 13.6 Å². The van der Waals surface area contributed by atoms with Crippen molar-refractivity contribution in [2.75, 3.05) is 11.1 Å². The molecule has 0 bridgehead atoms. The molecule has 2 aromatic rings. The van der Waals surface area contributed by atoms with E-state index in [1.54, 1.807) is 0 Å². The number of anilines is 2. The zero-order chi connectivity index (χ0) is 15.6. The molecule has 0 aliphatic heterocycles. The lowest BCUT2D eigenvalue weighted by molar-refractivity contribution is 0.102. The summed E-state index contributed by atoms with van der Waals surface area (Å²) in [6, 6.07) is 7.98. The molecule has 0 atom stereocenters. The maximum atomic E-state index is 13.6. The number of carbonyl (C=O) groups excluding carboxylic acids is 1. The molecule has 106 valence electrons. The van der Waals surface area contributed by atoms with Crippen molar-refractivity contribution in [2.24, 2.45) is 0 Å². The third-order valence-electron chi connectivity index (χ3n) is 2.91. The lowest BCUT2D eigenvalue weighted by atomic mass is 10.1. The van der Waals surface area contributed by atoms with Gasteiger partial charge in [-0.3, -0.25) is 4.79 Å². The first-order valence-electron chi connectivity index (χ1n) is 5.99. The number of aryl methyl sites for hydroxylation is 1. The molecule has 2 aromatic carbocycles. The second kappa shape index (κ2) is 5.59. The number of nitriles is 1. The van der Waals surface area contributed by atoms with Crippen molar-refractivity contribution in [3.8, 4) is 6.07 Å². The van der Waals surface area contributed by atoms with Gasteiger partial charge in [-0.1, -0.05) is 0 Å². The third-order valence-corrected chi connectivity index (χ3v) is 2.91. The minimum atomic E-state index is -0.968. The summed E-state index contributed by atoms with van der Waals surface area (Å²) in [6.45, 7) is 1.43. The van der Waals surface area contributed by atoms with Crippen LogP contribution >= 0.6 is 0 Å². The minimum absolute atomic E-state index is 0.152. The van der Waals surface area contributed by atoms with E-state index in [2.05, 4.69) is 5.32 Å². The molecule has 0 fully saturated rings. The Morgan fingerprint density at radius 2 is 1.95 bits per heavy atom. The quantitative estimate of drug-likeness (QED) is 0.833. The maximum absolute atomic E-state index is 13.6. The van der Waals surface area contributed by atoms with Crippen molar-refractivity contribution in [2.45, 2.75) is 6.92 Å². The fraction of sp³-hybridized carbons (Fsp3) is 0.0667. The molecule has 0 unspecified atom stereocenters. The van der Waals surface area contributed by atoms with Gasteiger partial charge in [0.25, 0.3) is 5.91 Å². The molecule has 4 nitrogen and oxygen atoms in total. The van der Waals surface area contributed by atoms with Crippen LogP contribution in [0.1, 0.15) is 21.5 Å². The van der Waals surface area contributed by atoms with Crippen LogP contribution in [0.4, 0.5) is 20.2 Å². The van der Waals surface area contributed by atoms with Crippen molar-refractivity contribution in [1.82, 2.24) is 0 Å². The van der Waals surface area contributed by atoms with Crippen molar-refractivity contribution >= 4 is 17.3 Å². The molecule has 0 aliphatic rings. The van der Waals surface area contributed by atoms with E-state index in [4.69, 9.17) is 11.0 Å². The molecule has 0 heterocycles. The third kappa shape index (κ3) is 2.98. The van der Waals surface area contributed by atoms with Crippen LogP contribution in [0.15, 0.2) is 30.3 Å². The smallest absolute Gasteiger partial charge is 0.258 e. The highest BCUT2D eigenvalue weighted by Gasteiger charge is 2.16. The summed E-state index contributed by atoms with van der Waals surface area (Å²) < 4.78 is 26.8. The van der Waals surface area contributed by atoms with Gasteiger partial charge in [-0.15, -0.1) is 0 Å². The highest BCUT2D eigenvalue weighted by molar-refractivity contribution is 6.05. The Kier molecular flexibility index (Phi) is 3.85. The van der Waals surface area contributed by atoms with E-state index in [-0.39, 0.29) is 22.4 Å². The lowest BCUT2D eigenvalue weighted by Crippen LogP contribution is -2.15. The number of halogens is 2. The van der Waals surface area contributed by atoms with Gasteiger partial charge in [0.05, 0.1) is 16.8 Å². The van der Waals surface area contributed by atoms with E-state index >= 15 is 0 Å². The van der Waals surface area contributed by atoms with Crippen molar-refractivity contribution in [3.05, 3.63) is 58.7 Å². The predicted octanol–water partition coefficient (Wildman–Crippen LogP) is 2.98. The Hall–Kier alpha value is -2.94. The molecule has 0 aromatic heterocycles. The average Bonchev–Trinajstić information content (AvgIpc) is 2.44. The molecule has 3 N–H and O–H groups in total. The molecule has 0 saturated heterocycles. The van der Waals surface area contributed by atoms with Crippen LogP contribution in [0.5, 0.6) is 0 Å². The Balaban J connectivity index is 2.35. The summed E-state index contributed by atoms with van der Waals surface area (Å²) in [5.74, 6) is -2.46. The van der Waals surface area contributed by atoms with Crippen LogP contribution in [-0.4, -0.2) is 5.91 Å². The first-order valence-corrected chi connectivity index (χ1v) is 5.99. The van der Waals surface area contributed by atoms with Crippen LogP contribution in [0.2, 0.25) is 0 Å². The fourth-order valence-electron chi connectivity index (χ4n) is 1.78. The number of nitrogen functional groups attached to an aromatic ring is 1. The normalized spacial score (nSPS) is 10.0. The number of rotatable bonds is 2. The molecule has 1 amide bonds. The number of hydrogen-bond acceptors (Lipinski definition) is 3. The number of nitrogens with zero attached hydrogens (tertiary/aromatic N) is 1. The van der Waals surface area contributed by atoms with E-state index in [0.29, 0.717) is 11.8 Å². The standard InChI is InChI=1S/C15H11F2N3O/c1-8-4-11(13(17)6-12(8)16)15(21)20-14-3-2-10(19)5-9(14)7-18/h2-6H,19H2,1H3,(H,20,21). The summed E-state index contributed by atoms with van der Waals surface area (Å²) in [6.07, 6.45) is 0. The van der Waals surface area contributed by atoms with Gasteiger partial charge in [0.1, 0.15) is 17.7 Å². The Morgan fingerprint density at radius 3 is 2.62 bits per heavy atom. The molecule has 0 spiro atoms. The average molecular weight is 287 g/mol. The molecular weight excluding hydrogens is 276 g/mol. The van der Waals surface area contributed by atoms with Crippen LogP contribution < -0.4 is 11.1 Å². The largest absolute Gasteiger partial charge is 0.399 e. The predicted molar refractivity (Wildman–Crippen MR) is 74.6 cm³/mol. The number of carbonyl (C=O) groups is 1. The van der Waals surface area contributed by atoms with Crippen LogP contribution in [0, 0.1) is 29.9 Å². The van der Waals surface area contributed by atoms with Gasteiger partial charge in [-0.25, -0.2) is 8.78 Å². The molecule has 0 radical (unpaired) electrons. The molecule has 0 saturated carbocycles. The lowest BCUT2D eigenvalue weighted by Gasteiger charge is -2.09. The number of benzene rings is 2. The second-order valence-corrected chi connectivity index (χ2v) is 4.45. The molecule has 2 rings (SSSR count). The van der Waals surface area contributed by atoms with Gasteiger partial charge < -0.3 is 11.1 Å². The Labute approximate surface area is 119 Å². The van der Waals surface area contributed by atoms with Crippen molar-refractivity contribution in [1.29, 1.82) is 5.26 Å². The molecule has 21 heavy (non-hydrogen) atoms. The Morgan fingerprint density at radius 1 is 1.24 bits per heavy atom. The van der Waals surface area contributed by atoms with Crippen molar-refractivity contribution in [3.63, 3.8) is 0 Å². The molecule has 0 aliphatic carbocycles. The number of amides is 1. The summed E-state index contributed by atoms with van der Waals surface area (Å²) in [5.41, 5.74) is 6.13. The first kappa shape index (κ1) is 14.5. The maximum Gasteiger partial charge on any atom is 0.258 e. The van der Waals surface area contributed by atoms with Gasteiger partial charge in [0.2, 0.25) is 0 Å².